The van der Waals surface area contributed by atoms with E-state index < -0.39 is 0 Å². The molecule has 1 fully saturated rings. The van der Waals surface area contributed by atoms with E-state index in [2.05, 4.69) is 22.8 Å². The molecule has 0 bridgehead atoms. The van der Waals surface area contributed by atoms with Crippen molar-refractivity contribution in [2.75, 3.05) is 59.7 Å². The Morgan fingerprint density at radius 2 is 1.89 bits per heavy atom. The SMILES string of the molecule is CCC(C#N)N1CCN(CCOCCCOC)CC1. The quantitative estimate of drug-likeness (QED) is 0.584. The molecule has 0 aromatic carbocycles. The predicted octanol–water partition coefficient (Wildman–Crippen LogP) is 0.959. The number of hydrogen-bond acceptors (Lipinski definition) is 5. The molecule has 5 nitrogen and oxygen atoms in total. The first kappa shape index (κ1) is 16.4. The highest BCUT2D eigenvalue weighted by atomic mass is 16.5. The Morgan fingerprint density at radius 3 is 2.47 bits per heavy atom. The Balaban J connectivity index is 2.05. The number of rotatable bonds is 9. The molecule has 0 radical (unpaired) electrons. The molecule has 0 N–H and O–H groups in total. The fourth-order valence-electron chi connectivity index (χ4n) is 2.33. The third-order valence-corrected chi connectivity index (χ3v) is 3.57. The maximum absolute atomic E-state index is 9.05. The minimum absolute atomic E-state index is 0.0902. The van der Waals surface area contributed by atoms with Gasteiger partial charge in [0.1, 0.15) is 0 Å². The lowest BCUT2D eigenvalue weighted by molar-refractivity contribution is 0.0599. The first-order valence-corrected chi connectivity index (χ1v) is 7.24. The van der Waals surface area contributed by atoms with E-state index in [1.165, 1.54) is 0 Å². The highest BCUT2D eigenvalue weighted by Crippen LogP contribution is 2.08. The largest absolute Gasteiger partial charge is 0.385 e. The van der Waals surface area contributed by atoms with Crippen LogP contribution in [0.2, 0.25) is 0 Å². The van der Waals surface area contributed by atoms with Crippen molar-refractivity contribution in [2.45, 2.75) is 25.8 Å². The van der Waals surface area contributed by atoms with E-state index in [1.807, 2.05) is 0 Å². The Labute approximate surface area is 117 Å². The van der Waals surface area contributed by atoms with Crippen LogP contribution in [0.15, 0.2) is 0 Å². The summed E-state index contributed by atoms with van der Waals surface area (Å²) in [5.41, 5.74) is 0. The summed E-state index contributed by atoms with van der Waals surface area (Å²) in [6.45, 7) is 9.48. The number of nitrogens with zero attached hydrogens (tertiary/aromatic N) is 3. The summed E-state index contributed by atoms with van der Waals surface area (Å²) in [7, 11) is 1.71. The maximum atomic E-state index is 9.05. The molecule has 110 valence electrons. The molecule has 1 saturated heterocycles. The zero-order valence-electron chi connectivity index (χ0n) is 12.3. The van der Waals surface area contributed by atoms with Gasteiger partial charge in [-0.2, -0.15) is 5.26 Å². The van der Waals surface area contributed by atoms with Crippen LogP contribution < -0.4 is 0 Å². The van der Waals surface area contributed by atoms with Gasteiger partial charge in [-0.25, -0.2) is 0 Å². The summed E-state index contributed by atoms with van der Waals surface area (Å²) < 4.78 is 10.5. The molecule has 1 atom stereocenters. The average molecular weight is 269 g/mol. The van der Waals surface area contributed by atoms with Crippen molar-refractivity contribution in [3.05, 3.63) is 0 Å². The van der Waals surface area contributed by atoms with Gasteiger partial charge >= 0.3 is 0 Å². The topological polar surface area (TPSA) is 48.7 Å². The predicted molar refractivity (Wildman–Crippen MR) is 75.0 cm³/mol. The van der Waals surface area contributed by atoms with E-state index in [1.54, 1.807) is 7.11 Å². The van der Waals surface area contributed by atoms with Crippen molar-refractivity contribution < 1.29 is 9.47 Å². The lowest BCUT2D eigenvalue weighted by Crippen LogP contribution is -2.50. The smallest absolute Gasteiger partial charge is 0.0976 e. The second-order valence-corrected chi connectivity index (χ2v) is 4.89. The lowest BCUT2D eigenvalue weighted by Gasteiger charge is -2.36. The van der Waals surface area contributed by atoms with E-state index >= 15 is 0 Å². The van der Waals surface area contributed by atoms with Crippen LogP contribution in [0.3, 0.4) is 0 Å². The standard InChI is InChI=1S/C14H27N3O2/c1-3-14(13-15)17-7-5-16(6-8-17)9-12-19-11-4-10-18-2/h14H,3-12H2,1-2H3. The van der Waals surface area contributed by atoms with Gasteiger partial charge < -0.3 is 9.47 Å². The molecule has 0 aromatic rings. The summed E-state index contributed by atoms with van der Waals surface area (Å²) in [6.07, 6.45) is 1.88. The van der Waals surface area contributed by atoms with Crippen LogP contribution in [0.4, 0.5) is 0 Å². The molecule has 0 saturated carbocycles. The van der Waals surface area contributed by atoms with Crippen LogP contribution in [-0.2, 0) is 9.47 Å². The van der Waals surface area contributed by atoms with Crippen LogP contribution in [0.5, 0.6) is 0 Å². The van der Waals surface area contributed by atoms with Crippen molar-refractivity contribution in [1.29, 1.82) is 5.26 Å². The summed E-state index contributed by atoms with van der Waals surface area (Å²) in [4.78, 5) is 4.70. The molecular formula is C14H27N3O2. The fourth-order valence-corrected chi connectivity index (χ4v) is 2.33. The van der Waals surface area contributed by atoms with Crippen molar-refractivity contribution in [3.63, 3.8) is 0 Å². The molecule has 0 aromatic heterocycles. The Hall–Kier alpha value is -0.670. The minimum atomic E-state index is 0.0902. The van der Waals surface area contributed by atoms with Crippen molar-refractivity contribution in [2.24, 2.45) is 0 Å². The summed E-state index contributed by atoms with van der Waals surface area (Å²) in [5.74, 6) is 0. The number of methoxy groups -OCH3 is 1. The lowest BCUT2D eigenvalue weighted by atomic mass is 10.2. The normalized spacial score (nSPS) is 19.2. The Morgan fingerprint density at radius 1 is 1.16 bits per heavy atom. The van der Waals surface area contributed by atoms with Gasteiger partial charge in [-0.05, 0) is 12.8 Å². The molecule has 0 amide bonds. The van der Waals surface area contributed by atoms with Gasteiger partial charge in [0, 0.05) is 53.0 Å². The second kappa shape index (κ2) is 10.2. The number of piperazine rings is 1. The Bertz CT molecular complexity index is 260. The van der Waals surface area contributed by atoms with Gasteiger partial charge in [-0.3, -0.25) is 9.80 Å². The van der Waals surface area contributed by atoms with E-state index in [0.717, 1.165) is 65.4 Å². The molecule has 1 aliphatic heterocycles. The summed E-state index contributed by atoms with van der Waals surface area (Å²) in [5, 5.41) is 9.05. The summed E-state index contributed by atoms with van der Waals surface area (Å²) >= 11 is 0. The first-order valence-electron chi connectivity index (χ1n) is 7.24. The monoisotopic (exact) mass is 269 g/mol. The molecule has 1 rings (SSSR count). The molecular weight excluding hydrogens is 242 g/mol. The van der Waals surface area contributed by atoms with E-state index in [-0.39, 0.29) is 6.04 Å². The molecule has 0 spiro atoms. The highest BCUT2D eigenvalue weighted by Gasteiger charge is 2.21. The fraction of sp³-hybridized carbons (Fsp3) is 0.929. The molecule has 0 aliphatic carbocycles. The van der Waals surface area contributed by atoms with E-state index in [9.17, 15) is 0 Å². The highest BCUT2D eigenvalue weighted by molar-refractivity contribution is 4.92. The van der Waals surface area contributed by atoms with Crippen molar-refractivity contribution >= 4 is 0 Å². The first-order chi connectivity index (χ1) is 9.31. The molecule has 1 aliphatic rings. The third-order valence-electron chi connectivity index (χ3n) is 3.57. The van der Waals surface area contributed by atoms with Crippen molar-refractivity contribution in [3.8, 4) is 6.07 Å². The van der Waals surface area contributed by atoms with Crippen LogP contribution >= 0.6 is 0 Å². The minimum Gasteiger partial charge on any atom is -0.385 e. The second-order valence-electron chi connectivity index (χ2n) is 4.89. The molecule has 19 heavy (non-hydrogen) atoms. The van der Waals surface area contributed by atoms with Gasteiger partial charge in [0.25, 0.3) is 0 Å². The molecule has 1 unspecified atom stereocenters. The van der Waals surface area contributed by atoms with E-state index in [0.29, 0.717) is 0 Å². The van der Waals surface area contributed by atoms with Gasteiger partial charge in [-0.1, -0.05) is 6.92 Å². The van der Waals surface area contributed by atoms with Gasteiger partial charge in [-0.15, -0.1) is 0 Å². The van der Waals surface area contributed by atoms with Crippen LogP contribution in [0, 0.1) is 11.3 Å². The zero-order valence-corrected chi connectivity index (χ0v) is 12.3. The number of hydrogen-bond donors (Lipinski definition) is 0. The Kier molecular flexibility index (Phi) is 8.76. The number of ether oxygens (including phenoxy) is 2. The van der Waals surface area contributed by atoms with Crippen LogP contribution in [-0.4, -0.2) is 75.5 Å². The van der Waals surface area contributed by atoms with Crippen molar-refractivity contribution in [1.82, 2.24) is 9.80 Å². The summed E-state index contributed by atoms with van der Waals surface area (Å²) in [6, 6.07) is 2.47. The van der Waals surface area contributed by atoms with Gasteiger partial charge in [0.2, 0.25) is 0 Å². The van der Waals surface area contributed by atoms with E-state index in [4.69, 9.17) is 14.7 Å². The third kappa shape index (κ3) is 6.35. The van der Waals surface area contributed by atoms with Crippen LogP contribution in [0.25, 0.3) is 0 Å². The van der Waals surface area contributed by atoms with Crippen LogP contribution in [0.1, 0.15) is 19.8 Å². The average Bonchev–Trinajstić information content (AvgIpc) is 2.45. The zero-order chi connectivity index (χ0) is 13.9. The van der Waals surface area contributed by atoms with Gasteiger partial charge in [0.05, 0.1) is 18.7 Å². The van der Waals surface area contributed by atoms with Gasteiger partial charge in [0.15, 0.2) is 0 Å². The maximum Gasteiger partial charge on any atom is 0.0976 e. The molecule has 5 heteroatoms. The molecule has 1 heterocycles. The number of nitriles is 1.